The van der Waals surface area contributed by atoms with Crippen LogP contribution in [0.15, 0.2) is 35.3 Å². The first kappa shape index (κ1) is 13.2. The Bertz CT molecular complexity index is 501. The number of rotatable bonds is 5. The van der Waals surface area contributed by atoms with Gasteiger partial charge >= 0.3 is 0 Å². The summed E-state index contributed by atoms with van der Waals surface area (Å²) in [6.07, 6.45) is 3.19. The third-order valence-electron chi connectivity index (χ3n) is 2.58. The van der Waals surface area contributed by atoms with Crippen LogP contribution < -0.4 is 5.32 Å². The topological polar surface area (TPSA) is 42.7 Å². The van der Waals surface area contributed by atoms with Crippen LogP contribution in [-0.4, -0.2) is 20.8 Å². The Morgan fingerprint density at radius 3 is 3.06 bits per heavy atom. The number of nitrogens with zero attached hydrogens (tertiary/aromatic N) is 3. The highest BCUT2D eigenvalue weighted by Gasteiger charge is 2.06. The molecule has 4 nitrogen and oxygen atoms in total. The Morgan fingerprint density at radius 1 is 1.50 bits per heavy atom. The van der Waals surface area contributed by atoms with Crippen molar-refractivity contribution in [3.63, 3.8) is 0 Å². The molecule has 1 aromatic carbocycles. The summed E-state index contributed by atoms with van der Waals surface area (Å²) in [5.41, 5.74) is 0.903. The highest BCUT2D eigenvalue weighted by molar-refractivity contribution is 9.10. The van der Waals surface area contributed by atoms with Crippen LogP contribution in [0, 0.1) is 5.82 Å². The minimum atomic E-state index is -0.223. The molecule has 2 aromatic rings. The zero-order chi connectivity index (χ0) is 13.0. The Hall–Kier alpha value is -1.27. The lowest BCUT2D eigenvalue weighted by atomic mass is 10.2. The van der Waals surface area contributed by atoms with Crippen LogP contribution in [-0.2, 0) is 13.1 Å². The molecule has 0 amide bonds. The number of nitrogens with one attached hydrogen (secondary N) is 1. The summed E-state index contributed by atoms with van der Waals surface area (Å²) in [6.45, 7) is 3.38. The van der Waals surface area contributed by atoms with Crippen LogP contribution in [0.25, 0.3) is 0 Å². The molecule has 1 atom stereocenters. The van der Waals surface area contributed by atoms with Crippen molar-refractivity contribution in [1.29, 1.82) is 0 Å². The second kappa shape index (κ2) is 6.06. The molecule has 0 aliphatic rings. The van der Waals surface area contributed by atoms with E-state index in [2.05, 4.69) is 38.3 Å². The van der Waals surface area contributed by atoms with Crippen molar-refractivity contribution in [2.24, 2.45) is 0 Å². The first-order valence-electron chi connectivity index (χ1n) is 5.65. The van der Waals surface area contributed by atoms with E-state index in [-0.39, 0.29) is 11.9 Å². The SMILES string of the molecule is CC(Cn1cncn1)NCc1cc(F)ccc1Br. The standard InChI is InChI=1S/C12H14BrFN4/c1-9(6-18-8-15-7-17-18)16-5-10-4-11(14)2-3-12(10)13/h2-4,7-9,16H,5-6H2,1H3. The van der Waals surface area contributed by atoms with E-state index < -0.39 is 0 Å². The predicted molar refractivity (Wildman–Crippen MR) is 70.4 cm³/mol. The number of hydrogen-bond donors (Lipinski definition) is 1. The maximum absolute atomic E-state index is 13.1. The Morgan fingerprint density at radius 2 is 2.33 bits per heavy atom. The molecule has 0 bridgehead atoms. The molecule has 0 aliphatic heterocycles. The Labute approximate surface area is 113 Å². The first-order valence-corrected chi connectivity index (χ1v) is 6.44. The molecule has 0 radical (unpaired) electrons. The second-order valence-electron chi connectivity index (χ2n) is 4.14. The van der Waals surface area contributed by atoms with E-state index >= 15 is 0 Å². The zero-order valence-electron chi connectivity index (χ0n) is 9.98. The lowest BCUT2D eigenvalue weighted by Gasteiger charge is -2.14. The largest absolute Gasteiger partial charge is 0.308 e. The molecule has 1 aromatic heterocycles. The molecule has 1 unspecified atom stereocenters. The summed E-state index contributed by atoms with van der Waals surface area (Å²) in [5, 5.41) is 7.36. The predicted octanol–water partition coefficient (Wildman–Crippen LogP) is 2.36. The molecule has 0 spiro atoms. The molecule has 2 rings (SSSR count). The molecular weight excluding hydrogens is 299 g/mol. The normalized spacial score (nSPS) is 12.6. The third-order valence-corrected chi connectivity index (χ3v) is 3.35. The van der Waals surface area contributed by atoms with Gasteiger partial charge in [0.05, 0.1) is 6.54 Å². The molecule has 0 fully saturated rings. The summed E-state index contributed by atoms with van der Waals surface area (Å²) in [4.78, 5) is 3.89. The fourth-order valence-electron chi connectivity index (χ4n) is 1.64. The highest BCUT2D eigenvalue weighted by atomic mass is 79.9. The van der Waals surface area contributed by atoms with Crippen LogP contribution in [0.1, 0.15) is 12.5 Å². The average Bonchev–Trinajstić information content (AvgIpc) is 2.83. The second-order valence-corrected chi connectivity index (χ2v) is 4.99. The van der Waals surface area contributed by atoms with Gasteiger partial charge in [-0.25, -0.2) is 9.37 Å². The van der Waals surface area contributed by atoms with Crippen molar-refractivity contribution in [3.05, 3.63) is 46.7 Å². The fourth-order valence-corrected chi connectivity index (χ4v) is 2.02. The summed E-state index contributed by atoms with van der Waals surface area (Å²) >= 11 is 3.41. The molecular formula is C12H14BrFN4. The smallest absolute Gasteiger partial charge is 0.137 e. The van der Waals surface area contributed by atoms with Gasteiger partial charge in [0.15, 0.2) is 0 Å². The number of aromatic nitrogens is 3. The molecule has 0 saturated carbocycles. The minimum absolute atomic E-state index is 0.223. The Kier molecular flexibility index (Phi) is 4.43. The van der Waals surface area contributed by atoms with Crippen LogP contribution in [0.2, 0.25) is 0 Å². The van der Waals surface area contributed by atoms with Gasteiger partial charge in [-0.15, -0.1) is 0 Å². The zero-order valence-corrected chi connectivity index (χ0v) is 11.6. The van der Waals surface area contributed by atoms with Crippen molar-refractivity contribution in [2.75, 3.05) is 0 Å². The lowest BCUT2D eigenvalue weighted by Crippen LogP contribution is -2.30. The van der Waals surface area contributed by atoms with Gasteiger partial charge in [-0.05, 0) is 30.7 Å². The molecule has 1 heterocycles. The highest BCUT2D eigenvalue weighted by Crippen LogP contribution is 2.17. The van der Waals surface area contributed by atoms with Crippen molar-refractivity contribution < 1.29 is 4.39 Å². The van der Waals surface area contributed by atoms with E-state index in [9.17, 15) is 4.39 Å². The van der Waals surface area contributed by atoms with Gasteiger partial charge in [-0.1, -0.05) is 15.9 Å². The van der Waals surface area contributed by atoms with Crippen molar-refractivity contribution in [2.45, 2.75) is 26.1 Å². The molecule has 6 heteroatoms. The van der Waals surface area contributed by atoms with E-state index in [1.807, 2.05) is 0 Å². The van der Waals surface area contributed by atoms with E-state index in [1.54, 1.807) is 17.1 Å². The van der Waals surface area contributed by atoms with Crippen LogP contribution in [0.4, 0.5) is 4.39 Å². The summed E-state index contributed by atoms with van der Waals surface area (Å²) in [5.74, 6) is -0.223. The van der Waals surface area contributed by atoms with Gasteiger partial charge < -0.3 is 5.32 Å². The molecule has 0 aliphatic carbocycles. The van der Waals surface area contributed by atoms with Gasteiger partial charge in [-0.3, -0.25) is 4.68 Å². The first-order chi connectivity index (χ1) is 8.65. The molecule has 0 saturated heterocycles. The molecule has 18 heavy (non-hydrogen) atoms. The number of halogens is 2. The summed E-state index contributed by atoms with van der Waals surface area (Å²) in [6, 6.07) is 4.90. The van der Waals surface area contributed by atoms with Gasteiger partial charge in [-0.2, -0.15) is 5.10 Å². The maximum Gasteiger partial charge on any atom is 0.137 e. The number of hydrogen-bond acceptors (Lipinski definition) is 3. The van der Waals surface area contributed by atoms with Crippen LogP contribution in [0.3, 0.4) is 0 Å². The quantitative estimate of drug-likeness (QED) is 0.921. The van der Waals surface area contributed by atoms with E-state index in [4.69, 9.17) is 0 Å². The van der Waals surface area contributed by atoms with Crippen LogP contribution in [0.5, 0.6) is 0 Å². The van der Waals surface area contributed by atoms with E-state index in [0.29, 0.717) is 6.54 Å². The van der Waals surface area contributed by atoms with Gasteiger partial charge in [0.1, 0.15) is 18.5 Å². The third kappa shape index (κ3) is 3.61. The van der Waals surface area contributed by atoms with Gasteiger partial charge in [0.2, 0.25) is 0 Å². The number of benzene rings is 1. The average molecular weight is 313 g/mol. The lowest BCUT2D eigenvalue weighted by molar-refractivity contribution is 0.449. The molecule has 1 N–H and O–H groups in total. The summed E-state index contributed by atoms with van der Waals surface area (Å²) in [7, 11) is 0. The van der Waals surface area contributed by atoms with Crippen molar-refractivity contribution in [3.8, 4) is 0 Å². The maximum atomic E-state index is 13.1. The fraction of sp³-hybridized carbons (Fsp3) is 0.333. The molecule has 96 valence electrons. The Balaban J connectivity index is 1.89. The van der Waals surface area contributed by atoms with E-state index in [0.717, 1.165) is 16.6 Å². The van der Waals surface area contributed by atoms with Crippen molar-refractivity contribution in [1.82, 2.24) is 20.1 Å². The van der Waals surface area contributed by atoms with E-state index in [1.165, 1.54) is 18.5 Å². The summed E-state index contributed by atoms with van der Waals surface area (Å²) < 4.78 is 15.8. The van der Waals surface area contributed by atoms with Gasteiger partial charge in [0.25, 0.3) is 0 Å². The monoisotopic (exact) mass is 312 g/mol. The van der Waals surface area contributed by atoms with Gasteiger partial charge in [0, 0.05) is 17.1 Å². The minimum Gasteiger partial charge on any atom is -0.308 e. The van der Waals surface area contributed by atoms with Crippen LogP contribution >= 0.6 is 15.9 Å². The van der Waals surface area contributed by atoms with Crippen molar-refractivity contribution >= 4 is 15.9 Å².